The van der Waals surface area contributed by atoms with Crippen LogP contribution in [0, 0.1) is 12.7 Å². The van der Waals surface area contributed by atoms with E-state index in [2.05, 4.69) is 41.0 Å². The Morgan fingerprint density at radius 1 is 1.24 bits per heavy atom. The van der Waals surface area contributed by atoms with E-state index in [9.17, 15) is 4.39 Å². The summed E-state index contributed by atoms with van der Waals surface area (Å²) in [6, 6.07) is 10.4. The van der Waals surface area contributed by atoms with Crippen LogP contribution in [0.2, 0.25) is 0 Å². The molecule has 0 unspecified atom stereocenters. The summed E-state index contributed by atoms with van der Waals surface area (Å²) in [6.07, 6.45) is 0. The smallest absolute Gasteiger partial charge is 0.240 e. The quantitative estimate of drug-likeness (QED) is 0.626. The number of aryl methyl sites for hydroxylation is 1. The van der Waals surface area contributed by atoms with Crippen molar-refractivity contribution in [3.05, 3.63) is 63.7 Å². The predicted molar refractivity (Wildman–Crippen MR) is 94.0 cm³/mol. The van der Waals surface area contributed by atoms with Crippen LogP contribution in [-0.4, -0.2) is 22.1 Å². The third-order valence-electron chi connectivity index (χ3n) is 3.91. The summed E-state index contributed by atoms with van der Waals surface area (Å²) >= 11 is 1.79. The van der Waals surface area contributed by atoms with Crippen molar-refractivity contribution >= 4 is 11.3 Å². The lowest BCUT2D eigenvalue weighted by Crippen LogP contribution is -2.21. The Labute approximate surface area is 150 Å². The van der Waals surface area contributed by atoms with Crippen LogP contribution >= 0.6 is 11.3 Å². The average molecular weight is 361 g/mol. The maximum Gasteiger partial charge on any atom is 0.240 e. The topological polar surface area (TPSA) is 51.4 Å². The van der Waals surface area contributed by atoms with Crippen LogP contribution in [0.3, 0.4) is 0 Å². The van der Waals surface area contributed by atoms with E-state index in [0.717, 1.165) is 0 Å². The number of thiophene rings is 1. The van der Waals surface area contributed by atoms with E-state index < -0.39 is 0 Å². The molecule has 3 aromatic rings. The van der Waals surface area contributed by atoms with E-state index >= 15 is 0 Å². The second-order valence-electron chi connectivity index (χ2n) is 5.89. The van der Waals surface area contributed by atoms with Gasteiger partial charge < -0.3 is 9.26 Å². The van der Waals surface area contributed by atoms with Crippen molar-refractivity contribution in [2.75, 3.05) is 7.05 Å². The van der Waals surface area contributed by atoms with Gasteiger partial charge in [0.1, 0.15) is 11.6 Å². The number of aromatic nitrogens is 2. The molecule has 132 valence electrons. The lowest BCUT2D eigenvalue weighted by molar-refractivity contribution is 0.218. The molecular formula is C18H20FN3O2S. The SMILES string of the molecule is Cc1ccc([C@@H](C)N(C)Cc2nc(COc3ccc(F)cc3)no2)s1. The summed E-state index contributed by atoms with van der Waals surface area (Å²) in [5, 5.41) is 3.93. The third-order valence-corrected chi connectivity index (χ3v) is 5.08. The molecule has 0 saturated carbocycles. The molecule has 0 aliphatic rings. The van der Waals surface area contributed by atoms with E-state index in [1.54, 1.807) is 23.5 Å². The number of hydrogen-bond donors (Lipinski definition) is 0. The highest BCUT2D eigenvalue weighted by Gasteiger charge is 2.17. The summed E-state index contributed by atoms with van der Waals surface area (Å²) in [7, 11) is 2.03. The van der Waals surface area contributed by atoms with Crippen LogP contribution in [0.25, 0.3) is 0 Å². The number of benzene rings is 1. The molecule has 0 saturated heterocycles. The summed E-state index contributed by atoms with van der Waals surface area (Å²) < 4.78 is 23.7. The maximum absolute atomic E-state index is 12.9. The lowest BCUT2D eigenvalue weighted by atomic mass is 10.2. The van der Waals surface area contributed by atoms with Gasteiger partial charge in [-0.1, -0.05) is 5.16 Å². The predicted octanol–water partition coefficient (Wildman–Crippen LogP) is 4.35. The molecule has 1 aromatic carbocycles. The van der Waals surface area contributed by atoms with E-state index in [1.165, 1.54) is 21.9 Å². The van der Waals surface area contributed by atoms with Crippen molar-refractivity contribution in [3.8, 4) is 5.75 Å². The molecule has 25 heavy (non-hydrogen) atoms. The Bertz CT molecular complexity index is 816. The molecule has 5 nitrogen and oxygen atoms in total. The number of rotatable bonds is 7. The molecule has 7 heteroatoms. The van der Waals surface area contributed by atoms with Gasteiger partial charge in [0.2, 0.25) is 11.7 Å². The van der Waals surface area contributed by atoms with Crippen LogP contribution in [0.4, 0.5) is 4.39 Å². The molecule has 2 heterocycles. The monoisotopic (exact) mass is 361 g/mol. The van der Waals surface area contributed by atoms with Gasteiger partial charge in [-0.05, 0) is 57.3 Å². The van der Waals surface area contributed by atoms with Gasteiger partial charge in [0.15, 0.2) is 6.61 Å². The fourth-order valence-corrected chi connectivity index (χ4v) is 3.33. The number of hydrogen-bond acceptors (Lipinski definition) is 6. The molecule has 0 fully saturated rings. The van der Waals surface area contributed by atoms with Crippen LogP contribution in [-0.2, 0) is 13.2 Å². The summed E-state index contributed by atoms with van der Waals surface area (Å²) in [5.74, 6) is 1.27. The van der Waals surface area contributed by atoms with Gasteiger partial charge in [-0.15, -0.1) is 11.3 Å². The van der Waals surface area contributed by atoms with Crippen molar-refractivity contribution in [1.29, 1.82) is 0 Å². The first-order valence-electron chi connectivity index (χ1n) is 7.97. The fraction of sp³-hybridized carbons (Fsp3) is 0.333. The Kier molecular flexibility index (Phi) is 5.45. The molecule has 0 bridgehead atoms. The van der Waals surface area contributed by atoms with Gasteiger partial charge in [-0.3, -0.25) is 4.90 Å². The Balaban J connectivity index is 1.54. The van der Waals surface area contributed by atoms with E-state index in [0.29, 0.717) is 24.0 Å². The molecular weight excluding hydrogens is 341 g/mol. The van der Waals surface area contributed by atoms with Gasteiger partial charge in [0, 0.05) is 15.8 Å². The van der Waals surface area contributed by atoms with E-state index in [1.807, 2.05) is 7.05 Å². The van der Waals surface area contributed by atoms with Crippen molar-refractivity contribution in [2.24, 2.45) is 0 Å². The summed E-state index contributed by atoms with van der Waals surface area (Å²) in [5.41, 5.74) is 0. The van der Waals surface area contributed by atoms with E-state index in [-0.39, 0.29) is 18.5 Å². The average Bonchev–Trinajstić information content (AvgIpc) is 3.22. The van der Waals surface area contributed by atoms with Crippen molar-refractivity contribution in [3.63, 3.8) is 0 Å². The Morgan fingerprint density at radius 2 is 2.00 bits per heavy atom. The van der Waals surface area contributed by atoms with Gasteiger partial charge in [0.25, 0.3) is 0 Å². The number of nitrogens with zero attached hydrogens (tertiary/aromatic N) is 3. The number of halogens is 1. The van der Waals surface area contributed by atoms with Gasteiger partial charge >= 0.3 is 0 Å². The molecule has 0 radical (unpaired) electrons. The molecule has 0 spiro atoms. The first-order chi connectivity index (χ1) is 12.0. The highest BCUT2D eigenvalue weighted by atomic mass is 32.1. The zero-order valence-electron chi connectivity index (χ0n) is 14.4. The fourth-order valence-electron chi connectivity index (χ4n) is 2.34. The first-order valence-corrected chi connectivity index (χ1v) is 8.79. The zero-order chi connectivity index (χ0) is 17.8. The molecule has 0 aliphatic heterocycles. The summed E-state index contributed by atoms with van der Waals surface area (Å²) in [4.78, 5) is 9.11. The van der Waals surface area contributed by atoms with Gasteiger partial charge in [-0.25, -0.2) is 4.39 Å². The largest absolute Gasteiger partial charge is 0.485 e. The minimum atomic E-state index is -0.299. The normalized spacial score (nSPS) is 12.5. The molecule has 0 amide bonds. The molecule has 2 aromatic heterocycles. The van der Waals surface area contributed by atoms with Crippen molar-refractivity contribution in [1.82, 2.24) is 15.0 Å². The van der Waals surface area contributed by atoms with Crippen molar-refractivity contribution in [2.45, 2.75) is 33.0 Å². The highest BCUT2D eigenvalue weighted by Crippen LogP contribution is 2.27. The van der Waals surface area contributed by atoms with Gasteiger partial charge in [0.05, 0.1) is 6.54 Å². The second kappa shape index (κ2) is 7.76. The summed E-state index contributed by atoms with van der Waals surface area (Å²) in [6.45, 7) is 4.99. The molecule has 0 N–H and O–H groups in total. The molecule has 3 rings (SSSR count). The number of ether oxygens (including phenoxy) is 1. The van der Waals surface area contributed by atoms with Crippen LogP contribution in [0.15, 0.2) is 40.9 Å². The minimum absolute atomic E-state index is 0.179. The highest BCUT2D eigenvalue weighted by molar-refractivity contribution is 7.12. The zero-order valence-corrected chi connectivity index (χ0v) is 15.2. The lowest BCUT2D eigenvalue weighted by Gasteiger charge is -2.21. The molecule has 1 atom stereocenters. The standard InChI is InChI=1S/C18H20FN3O2S/c1-12-4-9-16(25-12)13(2)22(3)10-18-20-17(21-24-18)11-23-15-7-5-14(19)6-8-15/h4-9,13H,10-11H2,1-3H3/t13-/m1/s1. The van der Waals surface area contributed by atoms with E-state index in [4.69, 9.17) is 9.26 Å². The van der Waals surface area contributed by atoms with Crippen LogP contribution in [0.1, 0.15) is 34.4 Å². The van der Waals surface area contributed by atoms with Crippen molar-refractivity contribution < 1.29 is 13.7 Å². The third kappa shape index (κ3) is 4.64. The Hall–Kier alpha value is -2.25. The minimum Gasteiger partial charge on any atom is -0.485 e. The van der Waals surface area contributed by atoms with Crippen LogP contribution < -0.4 is 4.74 Å². The van der Waals surface area contributed by atoms with Gasteiger partial charge in [-0.2, -0.15) is 4.98 Å². The maximum atomic E-state index is 12.9. The first kappa shape index (κ1) is 17.6. The molecule has 0 aliphatic carbocycles. The Morgan fingerprint density at radius 3 is 2.68 bits per heavy atom. The second-order valence-corrected chi connectivity index (χ2v) is 7.21. The van der Waals surface area contributed by atoms with Crippen LogP contribution in [0.5, 0.6) is 5.75 Å².